The molecule has 3 aromatic carbocycles. The molecule has 0 aliphatic heterocycles. The molecule has 1 N–H and O–H groups in total. The number of benzene rings is 3. The normalized spacial score (nSPS) is 11.4. The Bertz CT molecular complexity index is 1130. The molecule has 0 saturated heterocycles. The van der Waals surface area contributed by atoms with E-state index in [9.17, 15) is 22.0 Å². The molecule has 0 radical (unpaired) electrons. The van der Waals surface area contributed by atoms with Crippen LogP contribution in [0.1, 0.15) is 15.9 Å². The second kappa shape index (κ2) is 7.32. The SMILES string of the molecule is CS(=O)(=O)NC(=O)c1cc(F)c(OCc2ccc3ccccc3c2)cc1F. The zero-order valence-corrected chi connectivity index (χ0v) is 15.0. The maximum Gasteiger partial charge on any atom is 0.267 e. The van der Waals surface area contributed by atoms with Gasteiger partial charge in [0.2, 0.25) is 10.0 Å². The monoisotopic (exact) mass is 391 g/mol. The predicted molar refractivity (Wildman–Crippen MR) is 96.9 cm³/mol. The summed E-state index contributed by atoms with van der Waals surface area (Å²) in [5, 5.41) is 2.03. The van der Waals surface area contributed by atoms with Crippen molar-refractivity contribution in [2.45, 2.75) is 6.61 Å². The largest absolute Gasteiger partial charge is 0.486 e. The van der Waals surface area contributed by atoms with Gasteiger partial charge in [0.25, 0.3) is 5.91 Å². The van der Waals surface area contributed by atoms with E-state index in [0.29, 0.717) is 12.1 Å². The molecule has 0 unspecified atom stereocenters. The third kappa shape index (κ3) is 4.59. The van der Waals surface area contributed by atoms with Crippen molar-refractivity contribution in [3.63, 3.8) is 0 Å². The average molecular weight is 391 g/mol. The van der Waals surface area contributed by atoms with Gasteiger partial charge in [-0.15, -0.1) is 0 Å². The molecule has 5 nitrogen and oxygen atoms in total. The summed E-state index contributed by atoms with van der Waals surface area (Å²) in [5.41, 5.74) is 0.0309. The third-order valence-electron chi connectivity index (χ3n) is 3.75. The van der Waals surface area contributed by atoms with Crippen molar-refractivity contribution >= 4 is 26.7 Å². The van der Waals surface area contributed by atoms with Gasteiger partial charge in [0.15, 0.2) is 11.6 Å². The van der Waals surface area contributed by atoms with E-state index in [0.717, 1.165) is 22.6 Å². The number of rotatable bonds is 5. The van der Waals surface area contributed by atoms with Crippen molar-refractivity contribution in [2.75, 3.05) is 6.26 Å². The number of carbonyl (C=O) groups excluding carboxylic acids is 1. The van der Waals surface area contributed by atoms with E-state index in [1.165, 1.54) is 0 Å². The van der Waals surface area contributed by atoms with Crippen molar-refractivity contribution in [2.24, 2.45) is 0 Å². The summed E-state index contributed by atoms with van der Waals surface area (Å²) in [6, 6.07) is 14.6. The first-order valence-corrected chi connectivity index (χ1v) is 9.74. The molecule has 0 fully saturated rings. The summed E-state index contributed by atoms with van der Waals surface area (Å²) >= 11 is 0. The highest BCUT2D eigenvalue weighted by molar-refractivity contribution is 7.89. The van der Waals surface area contributed by atoms with Crippen molar-refractivity contribution < 1.29 is 26.7 Å². The van der Waals surface area contributed by atoms with Crippen LogP contribution in [0.2, 0.25) is 0 Å². The molecule has 0 aliphatic carbocycles. The lowest BCUT2D eigenvalue weighted by atomic mass is 10.1. The lowest BCUT2D eigenvalue weighted by molar-refractivity contribution is 0.0977. The zero-order valence-electron chi connectivity index (χ0n) is 14.2. The Balaban J connectivity index is 1.78. The molecule has 0 heterocycles. The van der Waals surface area contributed by atoms with Crippen LogP contribution in [0, 0.1) is 11.6 Å². The molecule has 27 heavy (non-hydrogen) atoms. The predicted octanol–water partition coefficient (Wildman–Crippen LogP) is 3.39. The van der Waals surface area contributed by atoms with Crippen molar-refractivity contribution in [1.82, 2.24) is 4.72 Å². The summed E-state index contributed by atoms with van der Waals surface area (Å²) in [7, 11) is -3.90. The highest BCUT2D eigenvalue weighted by Crippen LogP contribution is 2.24. The molecular formula is C19H15F2NO4S. The Kier molecular flexibility index (Phi) is 5.09. The topological polar surface area (TPSA) is 72.5 Å². The van der Waals surface area contributed by atoms with Crippen LogP contribution in [-0.2, 0) is 16.6 Å². The number of halogens is 2. The molecule has 0 aromatic heterocycles. The Morgan fingerprint density at radius 1 is 1.00 bits per heavy atom. The Hall–Kier alpha value is -3.00. The first-order valence-electron chi connectivity index (χ1n) is 7.84. The van der Waals surface area contributed by atoms with E-state index in [2.05, 4.69) is 0 Å². The lowest BCUT2D eigenvalue weighted by Gasteiger charge is -2.10. The summed E-state index contributed by atoms with van der Waals surface area (Å²) in [5.74, 6) is -3.70. The number of sulfonamides is 1. The van der Waals surface area contributed by atoms with E-state index in [4.69, 9.17) is 4.74 Å². The molecule has 140 valence electrons. The van der Waals surface area contributed by atoms with Gasteiger partial charge in [-0.05, 0) is 28.5 Å². The number of hydrogen-bond donors (Lipinski definition) is 1. The highest BCUT2D eigenvalue weighted by atomic mass is 32.2. The molecule has 0 atom stereocenters. The zero-order chi connectivity index (χ0) is 19.6. The van der Waals surface area contributed by atoms with Crippen LogP contribution in [0.25, 0.3) is 10.8 Å². The number of ether oxygens (including phenoxy) is 1. The fraction of sp³-hybridized carbons (Fsp3) is 0.105. The fourth-order valence-corrected chi connectivity index (χ4v) is 2.97. The van der Waals surface area contributed by atoms with Crippen LogP contribution >= 0.6 is 0 Å². The second-order valence-corrected chi connectivity index (χ2v) is 7.68. The fourth-order valence-electron chi connectivity index (χ4n) is 2.53. The molecule has 0 aliphatic rings. The Morgan fingerprint density at radius 2 is 1.70 bits per heavy atom. The molecule has 8 heteroatoms. The van der Waals surface area contributed by atoms with Crippen LogP contribution in [-0.4, -0.2) is 20.6 Å². The van der Waals surface area contributed by atoms with Crippen LogP contribution < -0.4 is 9.46 Å². The maximum absolute atomic E-state index is 14.2. The minimum absolute atomic E-state index is 0.00389. The van der Waals surface area contributed by atoms with E-state index < -0.39 is 33.1 Å². The first kappa shape index (κ1) is 18.8. The third-order valence-corrected chi connectivity index (χ3v) is 4.31. The molecule has 0 spiro atoms. The minimum Gasteiger partial charge on any atom is -0.486 e. The Morgan fingerprint density at radius 3 is 2.41 bits per heavy atom. The van der Waals surface area contributed by atoms with Crippen molar-refractivity contribution in [3.05, 3.63) is 77.4 Å². The molecule has 3 rings (SSSR count). The second-order valence-electron chi connectivity index (χ2n) is 5.94. The van der Waals surface area contributed by atoms with Gasteiger partial charge >= 0.3 is 0 Å². The summed E-state index contributed by atoms with van der Waals surface area (Å²) in [6.07, 6.45) is 0.736. The Labute approximate surface area is 154 Å². The molecule has 1 amide bonds. The smallest absolute Gasteiger partial charge is 0.267 e. The first-order chi connectivity index (χ1) is 12.7. The quantitative estimate of drug-likeness (QED) is 0.724. The number of fused-ring (bicyclic) bond motifs is 1. The average Bonchev–Trinajstić information content (AvgIpc) is 2.60. The molecule has 3 aromatic rings. The van der Waals surface area contributed by atoms with E-state index in [1.54, 1.807) is 4.72 Å². The van der Waals surface area contributed by atoms with E-state index in [-0.39, 0.29) is 12.4 Å². The summed E-state index contributed by atoms with van der Waals surface area (Å²) < 4.78 is 57.3. The standard InChI is InChI=1S/C19H15F2NO4S/c1-27(24,25)22-19(23)15-9-17(21)18(10-16(15)20)26-11-12-6-7-13-4-2-3-5-14(13)8-12/h2-10H,11H2,1H3,(H,22,23). The maximum atomic E-state index is 14.2. The summed E-state index contributed by atoms with van der Waals surface area (Å²) in [4.78, 5) is 11.7. The van der Waals surface area contributed by atoms with Gasteiger partial charge in [0.05, 0.1) is 11.8 Å². The van der Waals surface area contributed by atoms with Gasteiger partial charge in [-0.1, -0.05) is 36.4 Å². The van der Waals surface area contributed by atoms with Crippen LogP contribution in [0.15, 0.2) is 54.6 Å². The van der Waals surface area contributed by atoms with Crippen LogP contribution in [0.5, 0.6) is 5.75 Å². The van der Waals surface area contributed by atoms with Gasteiger partial charge in [-0.2, -0.15) is 0 Å². The number of carbonyl (C=O) groups is 1. The minimum atomic E-state index is -3.90. The number of nitrogens with one attached hydrogen (secondary N) is 1. The number of amides is 1. The van der Waals surface area contributed by atoms with Gasteiger partial charge < -0.3 is 4.74 Å². The van der Waals surface area contributed by atoms with Gasteiger partial charge in [0, 0.05) is 6.07 Å². The number of hydrogen-bond acceptors (Lipinski definition) is 4. The molecule has 0 bridgehead atoms. The van der Waals surface area contributed by atoms with Gasteiger partial charge in [0.1, 0.15) is 12.4 Å². The molecular weight excluding hydrogens is 376 g/mol. The molecule has 0 saturated carbocycles. The van der Waals surface area contributed by atoms with E-state index in [1.807, 2.05) is 42.5 Å². The lowest BCUT2D eigenvalue weighted by Crippen LogP contribution is -2.30. The van der Waals surface area contributed by atoms with Crippen molar-refractivity contribution in [3.8, 4) is 5.75 Å². The van der Waals surface area contributed by atoms with Crippen molar-refractivity contribution in [1.29, 1.82) is 0 Å². The van der Waals surface area contributed by atoms with Gasteiger partial charge in [-0.25, -0.2) is 21.9 Å². The highest BCUT2D eigenvalue weighted by Gasteiger charge is 2.19. The summed E-state index contributed by atoms with van der Waals surface area (Å²) in [6.45, 7) is -0.00389. The van der Waals surface area contributed by atoms with E-state index >= 15 is 0 Å². The van der Waals surface area contributed by atoms with Crippen LogP contribution in [0.3, 0.4) is 0 Å². The van der Waals surface area contributed by atoms with Crippen LogP contribution in [0.4, 0.5) is 8.78 Å². The van der Waals surface area contributed by atoms with Gasteiger partial charge in [-0.3, -0.25) is 4.79 Å².